The van der Waals surface area contributed by atoms with Crippen LogP contribution in [-0.2, 0) is 26.5 Å². The summed E-state index contributed by atoms with van der Waals surface area (Å²) in [6, 6.07) is 16.7. The number of thiazole rings is 1. The predicted molar refractivity (Wildman–Crippen MR) is 134 cm³/mol. The second kappa shape index (κ2) is 11.9. The Morgan fingerprint density at radius 3 is 2.19 bits per heavy atom. The van der Waals surface area contributed by atoms with Crippen molar-refractivity contribution in [1.82, 2.24) is 9.88 Å². The summed E-state index contributed by atoms with van der Waals surface area (Å²) in [7, 11) is 0. The van der Waals surface area contributed by atoms with Gasteiger partial charge in [0.05, 0.1) is 0 Å². The molecule has 8 nitrogen and oxygen atoms in total. The van der Waals surface area contributed by atoms with Crippen LogP contribution in [0.5, 0.6) is 0 Å². The molecule has 4 rings (SSSR count). The van der Waals surface area contributed by atoms with Gasteiger partial charge in [0.1, 0.15) is 16.4 Å². The normalized spacial score (nSPS) is 14.9. The summed E-state index contributed by atoms with van der Waals surface area (Å²) in [5.41, 5.74) is 2.26. The maximum Gasteiger partial charge on any atom is 0.414 e. The van der Waals surface area contributed by atoms with Crippen molar-refractivity contribution in [2.75, 3.05) is 18.0 Å². The molecule has 0 saturated carbocycles. The molecule has 0 spiro atoms. The Balaban J connectivity index is 0.000000538. The van der Waals surface area contributed by atoms with Gasteiger partial charge in [-0.3, -0.25) is 14.6 Å². The van der Waals surface area contributed by atoms with Gasteiger partial charge < -0.3 is 10.2 Å². The largest absolute Gasteiger partial charge is 0.473 e. The molecule has 3 aromatic rings. The van der Waals surface area contributed by atoms with Crippen molar-refractivity contribution in [1.29, 1.82) is 0 Å². The van der Waals surface area contributed by atoms with Crippen LogP contribution in [-0.4, -0.2) is 51.0 Å². The van der Waals surface area contributed by atoms with Crippen molar-refractivity contribution in [3.05, 3.63) is 82.1 Å². The van der Waals surface area contributed by atoms with Gasteiger partial charge in [0.2, 0.25) is 5.91 Å². The van der Waals surface area contributed by atoms with Crippen LogP contribution in [0.15, 0.2) is 60.0 Å². The Morgan fingerprint density at radius 2 is 1.69 bits per heavy atom. The molecule has 1 aromatic heterocycles. The number of amides is 1. The number of rotatable bonds is 5. The quantitative estimate of drug-likeness (QED) is 0.490. The fourth-order valence-corrected chi connectivity index (χ4v) is 5.42. The first-order valence-electron chi connectivity index (χ1n) is 11.3. The van der Waals surface area contributed by atoms with E-state index in [1.807, 2.05) is 24.4 Å². The zero-order valence-corrected chi connectivity index (χ0v) is 20.9. The third-order valence-corrected chi connectivity index (χ3v) is 7.10. The Hall–Kier alpha value is -3.63. The third kappa shape index (κ3) is 6.52. The smallest absolute Gasteiger partial charge is 0.414 e. The number of aryl methyl sites for hydroxylation is 1. The number of carbonyl (C=O) groups excluding carboxylic acids is 1. The molecule has 0 radical (unpaired) electrons. The second-order valence-corrected chi connectivity index (χ2v) is 9.39. The van der Waals surface area contributed by atoms with E-state index in [0.717, 1.165) is 43.2 Å². The highest BCUT2D eigenvalue weighted by Gasteiger charge is 2.46. The van der Waals surface area contributed by atoms with Gasteiger partial charge in [-0.15, -0.1) is 11.3 Å². The maximum atomic E-state index is 14.0. The number of carboxylic acids is 2. The van der Waals surface area contributed by atoms with E-state index in [1.165, 1.54) is 17.7 Å². The lowest BCUT2D eigenvalue weighted by molar-refractivity contribution is -0.159. The van der Waals surface area contributed by atoms with E-state index in [9.17, 15) is 9.18 Å². The number of anilines is 1. The molecule has 1 saturated heterocycles. The van der Waals surface area contributed by atoms with E-state index in [2.05, 4.69) is 29.2 Å². The highest BCUT2D eigenvalue weighted by atomic mass is 32.1. The minimum absolute atomic E-state index is 0.0926. The van der Waals surface area contributed by atoms with Crippen LogP contribution in [0.4, 0.5) is 10.1 Å². The van der Waals surface area contributed by atoms with Crippen molar-refractivity contribution in [2.24, 2.45) is 0 Å². The van der Waals surface area contributed by atoms with Crippen LogP contribution in [0.2, 0.25) is 0 Å². The molecule has 1 amide bonds. The molecular formula is C26H28FN3O5S. The van der Waals surface area contributed by atoms with E-state index in [-0.39, 0.29) is 11.7 Å². The predicted octanol–water partition coefficient (Wildman–Crippen LogP) is 4.29. The number of likely N-dealkylation sites (tertiary alicyclic amines) is 1. The van der Waals surface area contributed by atoms with Gasteiger partial charge in [-0.2, -0.15) is 0 Å². The molecule has 1 fully saturated rings. The molecule has 1 aliphatic heterocycles. The topological polar surface area (TPSA) is 111 Å². The Kier molecular flexibility index (Phi) is 8.89. The van der Waals surface area contributed by atoms with Crippen molar-refractivity contribution >= 4 is 34.9 Å². The summed E-state index contributed by atoms with van der Waals surface area (Å²) in [5, 5.41) is 17.7. The summed E-state index contributed by atoms with van der Waals surface area (Å²) in [5.74, 6) is -4.08. The van der Waals surface area contributed by atoms with E-state index < -0.39 is 17.5 Å². The van der Waals surface area contributed by atoms with E-state index in [0.29, 0.717) is 5.69 Å². The number of aliphatic carboxylic acids is 2. The van der Waals surface area contributed by atoms with Crippen LogP contribution >= 0.6 is 11.3 Å². The van der Waals surface area contributed by atoms with Gasteiger partial charge in [0.15, 0.2) is 0 Å². The van der Waals surface area contributed by atoms with Crippen LogP contribution < -0.4 is 4.90 Å². The molecule has 0 aliphatic carbocycles. The van der Waals surface area contributed by atoms with Gasteiger partial charge in [0, 0.05) is 43.3 Å². The van der Waals surface area contributed by atoms with Gasteiger partial charge >= 0.3 is 11.9 Å². The molecule has 36 heavy (non-hydrogen) atoms. The number of nitrogens with zero attached hydrogens (tertiary/aromatic N) is 3. The third-order valence-electron chi connectivity index (χ3n) is 5.94. The zero-order valence-electron chi connectivity index (χ0n) is 20.1. The van der Waals surface area contributed by atoms with Crippen LogP contribution in [0.3, 0.4) is 0 Å². The minimum Gasteiger partial charge on any atom is -0.473 e. The van der Waals surface area contributed by atoms with Crippen molar-refractivity contribution < 1.29 is 29.0 Å². The molecule has 10 heteroatoms. The number of benzene rings is 2. The van der Waals surface area contributed by atoms with E-state index in [1.54, 1.807) is 29.2 Å². The molecule has 0 atom stereocenters. The fourth-order valence-electron chi connectivity index (χ4n) is 4.37. The van der Waals surface area contributed by atoms with E-state index in [4.69, 9.17) is 24.8 Å². The van der Waals surface area contributed by atoms with Crippen LogP contribution in [0, 0.1) is 12.7 Å². The monoisotopic (exact) mass is 513 g/mol. The van der Waals surface area contributed by atoms with Gasteiger partial charge in [-0.05, 0) is 43.5 Å². The first-order chi connectivity index (χ1) is 17.1. The highest BCUT2D eigenvalue weighted by molar-refractivity contribution is 7.09. The Labute approximate surface area is 212 Å². The average Bonchev–Trinajstić information content (AvgIpc) is 3.28. The second-order valence-electron chi connectivity index (χ2n) is 8.53. The summed E-state index contributed by atoms with van der Waals surface area (Å²) in [4.78, 5) is 40.0. The Morgan fingerprint density at radius 1 is 1.06 bits per heavy atom. The number of hydrogen-bond acceptors (Lipinski definition) is 6. The zero-order chi connectivity index (χ0) is 26.3. The van der Waals surface area contributed by atoms with Crippen LogP contribution in [0.25, 0.3) is 0 Å². The van der Waals surface area contributed by atoms with E-state index >= 15 is 0 Å². The lowest BCUT2D eigenvalue weighted by Gasteiger charge is -2.47. The SMILES string of the molecule is CC(=O)N(c1cccc(F)c1)C1(c2nc(C)cs2)CCN(Cc2ccccc2)CC1.O=C(O)C(=O)O. The molecule has 190 valence electrons. The first kappa shape index (κ1) is 27.0. The number of aromatic nitrogens is 1. The molecule has 2 aromatic carbocycles. The van der Waals surface area contributed by atoms with Crippen molar-refractivity contribution in [2.45, 2.75) is 38.8 Å². The van der Waals surface area contributed by atoms with Crippen LogP contribution in [0.1, 0.15) is 36.0 Å². The molecular weight excluding hydrogens is 485 g/mol. The fraction of sp³-hybridized carbons (Fsp3) is 0.308. The molecule has 0 bridgehead atoms. The number of piperidine rings is 1. The molecule has 2 heterocycles. The number of hydrogen-bond donors (Lipinski definition) is 2. The van der Waals surface area contributed by atoms with Gasteiger partial charge in [-0.1, -0.05) is 36.4 Å². The highest BCUT2D eigenvalue weighted by Crippen LogP contribution is 2.43. The summed E-state index contributed by atoms with van der Waals surface area (Å²) >= 11 is 1.59. The van der Waals surface area contributed by atoms with Gasteiger partial charge in [0.25, 0.3) is 0 Å². The number of carbonyl (C=O) groups is 3. The summed E-state index contributed by atoms with van der Waals surface area (Å²) < 4.78 is 14.0. The lowest BCUT2D eigenvalue weighted by atomic mass is 9.85. The minimum atomic E-state index is -1.82. The summed E-state index contributed by atoms with van der Waals surface area (Å²) in [6.45, 7) is 6.09. The average molecular weight is 514 g/mol. The standard InChI is InChI=1S/C24H26FN3OS.C2H2O4/c1-18-17-30-23(26-18)24(28(19(2)29)22-10-6-9-21(25)15-22)11-13-27(14-12-24)16-20-7-4-3-5-8-20;3-1(4)2(5)6/h3-10,15,17H,11-14,16H2,1-2H3;(H,3,4)(H,5,6). The van der Waals surface area contributed by atoms with Crippen molar-refractivity contribution in [3.8, 4) is 0 Å². The molecule has 0 unspecified atom stereocenters. The van der Waals surface area contributed by atoms with Gasteiger partial charge in [-0.25, -0.2) is 19.0 Å². The number of carboxylic acid groups (broad SMARTS) is 2. The lowest BCUT2D eigenvalue weighted by Crippen LogP contribution is -2.55. The number of halogens is 1. The van der Waals surface area contributed by atoms with Crippen molar-refractivity contribution in [3.63, 3.8) is 0 Å². The molecule has 1 aliphatic rings. The Bertz CT molecular complexity index is 1200. The maximum absolute atomic E-state index is 14.0. The summed E-state index contributed by atoms with van der Waals surface area (Å²) in [6.07, 6.45) is 1.51. The first-order valence-corrected chi connectivity index (χ1v) is 12.2. The molecule has 2 N–H and O–H groups in total.